The first-order chi connectivity index (χ1) is 10.1. The third-order valence-electron chi connectivity index (χ3n) is 4.40. The molecule has 0 unspecified atom stereocenters. The molecule has 0 spiro atoms. The Morgan fingerprint density at radius 3 is 2.59 bits per heavy atom. The van der Waals surface area contributed by atoms with Gasteiger partial charge in [0.1, 0.15) is 0 Å². The minimum atomic E-state index is -0.376. The second-order valence-corrected chi connectivity index (χ2v) is 6.08. The number of hydrogen-bond acceptors (Lipinski definition) is 3. The first-order valence-electron chi connectivity index (χ1n) is 7.61. The second kappa shape index (κ2) is 8.51. The van der Waals surface area contributed by atoms with Crippen LogP contribution in [0.5, 0.6) is 0 Å². The Bertz CT molecular complexity index is 494. The third-order valence-corrected chi connectivity index (χ3v) is 4.40. The molecule has 22 heavy (non-hydrogen) atoms. The largest absolute Gasteiger partial charge is 0.384 e. The average molecular weight is 327 g/mol. The van der Waals surface area contributed by atoms with Gasteiger partial charge in [0, 0.05) is 13.7 Å². The third kappa shape index (κ3) is 4.45. The molecule has 5 heteroatoms. The van der Waals surface area contributed by atoms with Crippen LogP contribution in [0.25, 0.3) is 0 Å². The number of amides is 1. The number of carbonyl (C=O) groups is 1. The zero-order valence-electron chi connectivity index (χ0n) is 13.7. The van der Waals surface area contributed by atoms with Crippen molar-refractivity contribution in [2.24, 2.45) is 5.41 Å². The zero-order valence-corrected chi connectivity index (χ0v) is 14.5. The van der Waals surface area contributed by atoms with Crippen LogP contribution in [0.3, 0.4) is 0 Å². The Balaban J connectivity index is 0.00000242. The van der Waals surface area contributed by atoms with Crippen LogP contribution in [0, 0.1) is 19.3 Å². The van der Waals surface area contributed by atoms with E-state index in [0.717, 1.165) is 25.9 Å². The number of nitrogens with one attached hydrogen (secondary N) is 2. The second-order valence-electron chi connectivity index (χ2n) is 6.08. The highest BCUT2D eigenvalue weighted by Gasteiger charge is 2.39. The summed E-state index contributed by atoms with van der Waals surface area (Å²) in [6.07, 6.45) is 1.67. The standard InChI is InChI=1S/C17H26N2O2.ClH/c1-13-4-5-15(14(2)10-13)11-19-16(20)17(12-21-3)6-8-18-9-7-17;/h4-5,10,18H,6-9,11-12H2,1-3H3,(H,19,20);1H. The van der Waals surface area contributed by atoms with Crippen LogP contribution in [0.1, 0.15) is 29.5 Å². The lowest BCUT2D eigenvalue weighted by molar-refractivity contribution is -0.136. The van der Waals surface area contributed by atoms with Crippen molar-refractivity contribution in [3.63, 3.8) is 0 Å². The van der Waals surface area contributed by atoms with E-state index in [4.69, 9.17) is 4.74 Å². The Hall–Kier alpha value is -1.10. The normalized spacial score (nSPS) is 16.7. The summed E-state index contributed by atoms with van der Waals surface area (Å²) in [7, 11) is 1.67. The Labute approximate surface area is 139 Å². The molecule has 1 aliphatic rings. The van der Waals surface area contributed by atoms with Gasteiger partial charge in [-0.1, -0.05) is 23.8 Å². The first-order valence-corrected chi connectivity index (χ1v) is 7.61. The fourth-order valence-electron chi connectivity index (χ4n) is 3.03. The van der Waals surface area contributed by atoms with Gasteiger partial charge in [-0.15, -0.1) is 12.4 Å². The van der Waals surface area contributed by atoms with Crippen molar-refractivity contribution in [2.75, 3.05) is 26.8 Å². The molecule has 2 N–H and O–H groups in total. The lowest BCUT2D eigenvalue weighted by atomic mass is 9.78. The molecule has 1 saturated heterocycles. The lowest BCUT2D eigenvalue weighted by Crippen LogP contribution is -2.50. The number of rotatable bonds is 5. The number of ether oxygens (including phenoxy) is 1. The van der Waals surface area contributed by atoms with Gasteiger partial charge in [0.15, 0.2) is 0 Å². The average Bonchev–Trinajstić information content (AvgIpc) is 2.47. The topological polar surface area (TPSA) is 50.4 Å². The van der Waals surface area contributed by atoms with E-state index >= 15 is 0 Å². The summed E-state index contributed by atoms with van der Waals surface area (Å²) < 4.78 is 5.31. The first kappa shape index (κ1) is 18.9. The maximum absolute atomic E-state index is 12.6. The van der Waals surface area contributed by atoms with E-state index in [1.807, 2.05) is 0 Å². The van der Waals surface area contributed by atoms with Crippen molar-refractivity contribution in [1.82, 2.24) is 10.6 Å². The molecule has 1 amide bonds. The Kier molecular flexibility index (Phi) is 7.33. The lowest BCUT2D eigenvalue weighted by Gasteiger charge is -2.35. The van der Waals surface area contributed by atoms with Gasteiger partial charge in [-0.25, -0.2) is 0 Å². The summed E-state index contributed by atoms with van der Waals surface area (Å²) in [5.41, 5.74) is 3.27. The van der Waals surface area contributed by atoms with Gasteiger partial charge in [0.2, 0.25) is 5.91 Å². The predicted molar refractivity (Wildman–Crippen MR) is 91.4 cm³/mol. The molecule has 1 fully saturated rings. The van der Waals surface area contributed by atoms with Gasteiger partial charge in [-0.2, -0.15) is 0 Å². The zero-order chi connectivity index (χ0) is 15.3. The maximum atomic E-state index is 12.6. The van der Waals surface area contributed by atoms with E-state index in [0.29, 0.717) is 13.2 Å². The Morgan fingerprint density at radius 2 is 2.00 bits per heavy atom. The summed E-state index contributed by atoms with van der Waals surface area (Å²) in [5, 5.41) is 6.41. The van der Waals surface area contributed by atoms with Gasteiger partial charge < -0.3 is 15.4 Å². The number of halogens is 1. The van der Waals surface area contributed by atoms with Crippen LogP contribution in [0.4, 0.5) is 0 Å². The molecule has 0 aromatic heterocycles. The van der Waals surface area contributed by atoms with Gasteiger partial charge in [-0.05, 0) is 50.9 Å². The molecule has 1 heterocycles. The highest BCUT2D eigenvalue weighted by Crippen LogP contribution is 2.29. The quantitative estimate of drug-likeness (QED) is 0.873. The van der Waals surface area contributed by atoms with Crippen LogP contribution < -0.4 is 10.6 Å². The van der Waals surface area contributed by atoms with E-state index in [9.17, 15) is 4.79 Å². The number of aryl methyl sites for hydroxylation is 2. The summed E-state index contributed by atoms with van der Waals surface area (Å²) in [5.74, 6) is 0.117. The van der Waals surface area contributed by atoms with Crippen molar-refractivity contribution in [3.8, 4) is 0 Å². The van der Waals surface area contributed by atoms with Crippen molar-refractivity contribution in [3.05, 3.63) is 34.9 Å². The molecule has 0 bridgehead atoms. The fraction of sp³-hybridized carbons (Fsp3) is 0.588. The van der Waals surface area contributed by atoms with E-state index in [1.165, 1.54) is 16.7 Å². The number of methoxy groups -OCH3 is 1. The minimum Gasteiger partial charge on any atom is -0.384 e. The van der Waals surface area contributed by atoms with Crippen molar-refractivity contribution in [2.45, 2.75) is 33.2 Å². The summed E-state index contributed by atoms with van der Waals surface area (Å²) in [6.45, 7) is 7.00. The highest BCUT2D eigenvalue weighted by atomic mass is 35.5. The molecule has 0 aliphatic carbocycles. The fourth-order valence-corrected chi connectivity index (χ4v) is 3.03. The molecule has 2 rings (SSSR count). The molecule has 1 aromatic rings. The van der Waals surface area contributed by atoms with Gasteiger partial charge >= 0.3 is 0 Å². The SMILES string of the molecule is COCC1(C(=O)NCc2ccc(C)cc2C)CCNCC1.Cl. The smallest absolute Gasteiger partial charge is 0.228 e. The van der Waals surface area contributed by atoms with E-state index in [1.54, 1.807) is 7.11 Å². The molecule has 1 aromatic carbocycles. The molecule has 0 atom stereocenters. The van der Waals surface area contributed by atoms with Crippen molar-refractivity contribution in [1.29, 1.82) is 0 Å². The summed E-state index contributed by atoms with van der Waals surface area (Å²) in [4.78, 5) is 12.6. The molecule has 1 aliphatic heterocycles. The molecular weight excluding hydrogens is 300 g/mol. The van der Waals surface area contributed by atoms with Gasteiger partial charge in [0.05, 0.1) is 12.0 Å². The number of piperidine rings is 1. The van der Waals surface area contributed by atoms with E-state index < -0.39 is 0 Å². The number of benzene rings is 1. The summed E-state index contributed by atoms with van der Waals surface area (Å²) >= 11 is 0. The maximum Gasteiger partial charge on any atom is 0.228 e. The van der Waals surface area contributed by atoms with Crippen LogP contribution >= 0.6 is 12.4 Å². The van der Waals surface area contributed by atoms with Crippen LogP contribution in [-0.2, 0) is 16.1 Å². The van der Waals surface area contributed by atoms with E-state index in [2.05, 4.69) is 42.7 Å². The molecule has 4 nitrogen and oxygen atoms in total. The van der Waals surface area contributed by atoms with Gasteiger partial charge in [0.25, 0.3) is 0 Å². The Morgan fingerprint density at radius 1 is 1.32 bits per heavy atom. The highest BCUT2D eigenvalue weighted by molar-refractivity contribution is 5.85. The van der Waals surface area contributed by atoms with Crippen LogP contribution in [0.2, 0.25) is 0 Å². The van der Waals surface area contributed by atoms with E-state index in [-0.39, 0.29) is 23.7 Å². The minimum absolute atomic E-state index is 0. The molecular formula is C17H27ClN2O2. The van der Waals surface area contributed by atoms with Crippen LogP contribution in [-0.4, -0.2) is 32.7 Å². The number of carbonyl (C=O) groups excluding carboxylic acids is 1. The summed E-state index contributed by atoms with van der Waals surface area (Å²) in [6, 6.07) is 6.33. The molecule has 0 radical (unpaired) electrons. The van der Waals surface area contributed by atoms with Crippen molar-refractivity contribution >= 4 is 18.3 Å². The van der Waals surface area contributed by atoms with Gasteiger partial charge in [-0.3, -0.25) is 4.79 Å². The number of hydrogen-bond donors (Lipinski definition) is 2. The van der Waals surface area contributed by atoms with Crippen molar-refractivity contribution < 1.29 is 9.53 Å². The molecule has 124 valence electrons. The molecule has 0 saturated carbocycles. The monoisotopic (exact) mass is 326 g/mol. The predicted octanol–water partition coefficient (Wildman–Crippen LogP) is 2.36. The van der Waals surface area contributed by atoms with Crippen LogP contribution in [0.15, 0.2) is 18.2 Å².